The van der Waals surface area contributed by atoms with Crippen molar-refractivity contribution in [2.24, 2.45) is 0 Å². The molecule has 0 fully saturated rings. The summed E-state index contributed by atoms with van der Waals surface area (Å²) in [6.45, 7) is 6.47. The summed E-state index contributed by atoms with van der Waals surface area (Å²) >= 11 is 0. The van der Waals surface area contributed by atoms with Gasteiger partial charge in [0.05, 0.1) is 0 Å². The van der Waals surface area contributed by atoms with E-state index < -0.39 is 9.84 Å². The Balaban J connectivity index is 2.19. The zero-order chi connectivity index (χ0) is 17.3. The number of hydrogen-bond donors (Lipinski definition) is 1. The van der Waals surface area contributed by atoms with Crippen molar-refractivity contribution in [2.75, 3.05) is 11.6 Å². The lowest BCUT2D eigenvalue weighted by molar-refractivity contribution is 0.0984. The average Bonchev–Trinajstić information content (AvgIpc) is 2.40. The average molecular weight is 335 g/mol. The minimum atomic E-state index is -3.13. The molecule has 0 spiro atoms. The number of anilines is 1. The summed E-state index contributed by atoms with van der Waals surface area (Å²) in [4.78, 5) is 12.5. The van der Waals surface area contributed by atoms with E-state index in [-0.39, 0.29) is 11.3 Å². The zero-order valence-corrected chi connectivity index (χ0v) is 15.0. The van der Waals surface area contributed by atoms with Gasteiger partial charge in [0.25, 0.3) is 0 Å². The van der Waals surface area contributed by atoms with Crippen molar-refractivity contribution in [2.45, 2.75) is 51.5 Å². The summed E-state index contributed by atoms with van der Waals surface area (Å²) in [6, 6.07) is 5.85. The first-order chi connectivity index (χ1) is 10.6. The topological polar surface area (TPSA) is 63.2 Å². The molecule has 1 N–H and O–H groups in total. The van der Waals surface area contributed by atoms with Crippen LogP contribution in [0.25, 0.3) is 0 Å². The molecule has 0 bridgehead atoms. The summed E-state index contributed by atoms with van der Waals surface area (Å²) < 4.78 is 22.1. The molecule has 0 unspecified atom stereocenters. The molecule has 1 aliphatic heterocycles. The molecule has 2 rings (SSSR count). The van der Waals surface area contributed by atoms with Crippen molar-refractivity contribution < 1.29 is 13.2 Å². The number of hydrogen-bond acceptors (Lipinski definition) is 4. The second-order valence-corrected chi connectivity index (χ2v) is 8.98. The highest BCUT2D eigenvalue weighted by molar-refractivity contribution is 7.93. The van der Waals surface area contributed by atoms with Gasteiger partial charge in [0.2, 0.25) is 0 Å². The number of rotatable bonds is 5. The predicted molar refractivity (Wildman–Crippen MR) is 94.7 cm³/mol. The van der Waals surface area contributed by atoms with Gasteiger partial charge in [-0.3, -0.25) is 4.79 Å². The standard InChI is InChI=1S/C18H25NO3S/c1-13-12-18(2,3)19-17-14(13)8-7-9-15(17)16(20)10-5-6-11-23(4,21)22/h6-9,11,13,19H,5,10,12H2,1-4H3/b11-6+/t13-/m1/s1. The van der Waals surface area contributed by atoms with E-state index in [4.69, 9.17) is 0 Å². The highest BCUT2D eigenvalue weighted by atomic mass is 32.2. The molecule has 0 amide bonds. The first kappa shape index (κ1) is 17.7. The molecule has 0 saturated carbocycles. The van der Waals surface area contributed by atoms with Crippen molar-refractivity contribution in [3.63, 3.8) is 0 Å². The van der Waals surface area contributed by atoms with Gasteiger partial charge < -0.3 is 5.32 Å². The summed E-state index contributed by atoms with van der Waals surface area (Å²) in [5.41, 5.74) is 2.78. The number of fused-ring (bicyclic) bond motifs is 1. The number of allylic oxidation sites excluding steroid dienone is 1. The van der Waals surface area contributed by atoms with Crippen LogP contribution in [0.5, 0.6) is 0 Å². The quantitative estimate of drug-likeness (QED) is 0.829. The Morgan fingerprint density at radius 2 is 2.09 bits per heavy atom. The Morgan fingerprint density at radius 1 is 1.39 bits per heavy atom. The van der Waals surface area contributed by atoms with E-state index in [1.54, 1.807) is 6.08 Å². The molecule has 1 atom stereocenters. The van der Waals surface area contributed by atoms with Crippen LogP contribution in [0.4, 0.5) is 5.69 Å². The van der Waals surface area contributed by atoms with Crippen molar-refractivity contribution in [3.8, 4) is 0 Å². The summed E-state index contributed by atoms with van der Waals surface area (Å²) in [7, 11) is -3.13. The lowest BCUT2D eigenvalue weighted by Gasteiger charge is -2.38. The molecule has 1 aromatic carbocycles. The van der Waals surface area contributed by atoms with Gasteiger partial charge in [-0.05, 0) is 44.2 Å². The van der Waals surface area contributed by atoms with Crippen molar-refractivity contribution in [1.29, 1.82) is 0 Å². The molecular formula is C18H25NO3S. The second-order valence-electron chi connectivity index (χ2n) is 7.05. The first-order valence-corrected chi connectivity index (χ1v) is 9.85. The third kappa shape index (κ3) is 4.67. The van der Waals surface area contributed by atoms with Crippen LogP contribution in [-0.2, 0) is 9.84 Å². The Morgan fingerprint density at radius 3 is 2.74 bits per heavy atom. The molecule has 126 valence electrons. The monoisotopic (exact) mass is 335 g/mol. The van der Waals surface area contributed by atoms with Crippen molar-refractivity contribution >= 4 is 21.3 Å². The molecule has 4 nitrogen and oxygen atoms in total. The molecular weight excluding hydrogens is 310 g/mol. The number of benzene rings is 1. The fraction of sp³-hybridized carbons (Fsp3) is 0.500. The Hall–Kier alpha value is -1.62. The lowest BCUT2D eigenvalue weighted by atomic mass is 9.80. The van der Waals surface area contributed by atoms with E-state index in [0.717, 1.165) is 23.8 Å². The van der Waals surface area contributed by atoms with Gasteiger partial charge in [-0.1, -0.05) is 25.1 Å². The molecule has 0 radical (unpaired) electrons. The smallest absolute Gasteiger partial charge is 0.168 e. The number of sulfone groups is 1. The van der Waals surface area contributed by atoms with E-state index in [1.165, 1.54) is 5.56 Å². The van der Waals surface area contributed by atoms with Crippen molar-refractivity contribution in [3.05, 3.63) is 40.8 Å². The van der Waals surface area contributed by atoms with E-state index in [1.807, 2.05) is 12.1 Å². The molecule has 5 heteroatoms. The number of para-hydroxylation sites is 1. The van der Waals surface area contributed by atoms with Crippen LogP contribution in [-0.4, -0.2) is 26.0 Å². The van der Waals surface area contributed by atoms with Gasteiger partial charge in [-0.2, -0.15) is 0 Å². The van der Waals surface area contributed by atoms with Gasteiger partial charge in [-0.25, -0.2) is 8.42 Å². The Bertz CT molecular complexity index is 733. The summed E-state index contributed by atoms with van der Waals surface area (Å²) in [5, 5.41) is 4.65. The van der Waals surface area contributed by atoms with Crippen LogP contribution in [0.2, 0.25) is 0 Å². The maximum absolute atomic E-state index is 12.5. The third-order valence-corrected chi connectivity index (χ3v) is 4.78. The number of ketones is 1. The van der Waals surface area contributed by atoms with E-state index in [9.17, 15) is 13.2 Å². The van der Waals surface area contributed by atoms with Gasteiger partial charge >= 0.3 is 0 Å². The fourth-order valence-corrected chi connectivity index (χ4v) is 3.70. The highest BCUT2D eigenvalue weighted by Gasteiger charge is 2.31. The van der Waals surface area contributed by atoms with Gasteiger partial charge in [0.1, 0.15) is 0 Å². The molecule has 0 aliphatic carbocycles. The van der Waals surface area contributed by atoms with E-state index in [0.29, 0.717) is 24.3 Å². The van der Waals surface area contributed by atoms with Crippen LogP contribution in [0, 0.1) is 0 Å². The number of nitrogens with one attached hydrogen (secondary N) is 1. The van der Waals surface area contributed by atoms with Gasteiger partial charge in [0.15, 0.2) is 15.6 Å². The Kier molecular flexibility index (Phi) is 4.99. The highest BCUT2D eigenvalue weighted by Crippen LogP contribution is 2.40. The van der Waals surface area contributed by atoms with Crippen LogP contribution in [0.1, 0.15) is 61.9 Å². The largest absolute Gasteiger partial charge is 0.379 e. The molecule has 0 aromatic heterocycles. The minimum Gasteiger partial charge on any atom is -0.379 e. The number of carbonyl (C=O) groups excluding carboxylic acids is 1. The maximum atomic E-state index is 12.5. The predicted octanol–water partition coefficient (Wildman–Crippen LogP) is 3.91. The second kappa shape index (κ2) is 6.48. The zero-order valence-electron chi connectivity index (χ0n) is 14.2. The van der Waals surface area contributed by atoms with Crippen molar-refractivity contribution in [1.82, 2.24) is 0 Å². The minimum absolute atomic E-state index is 0.0393. The summed E-state index contributed by atoms with van der Waals surface area (Å²) in [6.07, 6.45) is 4.44. The van der Waals surface area contributed by atoms with Crippen LogP contribution in [0.15, 0.2) is 29.7 Å². The number of Topliss-reactive ketones (excluding diaryl/α,β-unsaturated/α-hetero) is 1. The van der Waals surface area contributed by atoms with Crippen LogP contribution >= 0.6 is 0 Å². The van der Waals surface area contributed by atoms with Crippen LogP contribution in [0.3, 0.4) is 0 Å². The normalized spacial score (nSPS) is 20.1. The molecule has 23 heavy (non-hydrogen) atoms. The van der Waals surface area contributed by atoms with E-state index >= 15 is 0 Å². The van der Waals surface area contributed by atoms with Crippen LogP contribution < -0.4 is 5.32 Å². The lowest BCUT2D eigenvalue weighted by Crippen LogP contribution is -2.37. The molecule has 0 saturated heterocycles. The Labute approximate surface area is 138 Å². The SMILES string of the molecule is C[C@@H]1CC(C)(C)Nc2c(C(=O)CC/C=C/S(C)(=O)=O)cccc21. The molecule has 1 aliphatic rings. The first-order valence-electron chi connectivity index (χ1n) is 7.90. The summed E-state index contributed by atoms with van der Waals surface area (Å²) in [5.74, 6) is 0.441. The molecule has 1 heterocycles. The van der Waals surface area contributed by atoms with E-state index in [2.05, 4.69) is 32.2 Å². The fourth-order valence-electron chi connectivity index (χ4n) is 3.21. The van der Waals surface area contributed by atoms with Gasteiger partial charge in [0, 0.05) is 34.9 Å². The third-order valence-electron chi connectivity index (χ3n) is 4.09. The van der Waals surface area contributed by atoms with Gasteiger partial charge in [-0.15, -0.1) is 0 Å². The maximum Gasteiger partial charge on any atom is 0.168 e. The molecule has 1 aromatic rings. The number of carbonyl (C=O) groups is 1.